The first-order chi connectivity index (χ1) is 9.56. The molecule has 8 heteroatoms. The van der Waals surface area contributed by atoms with Crippen molar-refractivity contribution in [2.24, 2.45) is 0 Å². The van der Waals surface area contributed by atoms with Crippen LogP contribution in [0.1, 0.15) is 16.6 Å². The van der Waals surface area contributed by atoms with E-state index >= 15 is 0 Å². The lowest BCUT2D eigenvalue weighted by Crippen LogP contribution is -2.33. The number of carbonyl (C=O) groups is 2. The van der Waals surface area contributed by atoms with Crippen molar-refractivity contribution in [2.45, 2.75) is 6.92 Å². The first-order valence-corrected chi connectivity index (χ1v) is 7.81. The molecule has 2 amide bonds. The van der Waals surface area contributed by atoms with Gasteiger partial charge in [0.25, 0.3) is 5.91 Å². The molecule has 0 aromatic carbocycles. The second kappa shape index (κ2) is 6.83. The van der Waals surface area contributed by atoms with Crippen LogP contribution in [-0.4, -0.2) is 29.9 Å². The smallest absolute Gasteiger partial charge is 0.263 e. The molecule has 0 saturated heterocycles. The van der Waals surface area contributed by atoms with Crippen molar-refractivity contribution < 1.29 is 9.59 Å². The van der Waals surface area contributed by atoms with Crippen LogP contribution in [0.4, 0.5) is 0 Å². The van der Waals surface area contributed by atoms with E-state index in [-0.39, 0.29) is 11.8 Å². The zero-order chi connectivity index (χ0) is 14.5. The number of rotatable bonds is 5. The van der Waals surface area contributed by atoms with E-state index < -0.39 is 0 Å². The van der Waals surface area contributed by atoms with Gasteiger partial charge < -0.3 is 10.6 Å². The number of hydrogen-bond donors (Lipinski definition) is 2. The van der Waals surface area contributed by atoms with Gasteiger partial charge in [0.2, 0.25) is 5.91 Å². The average Bonchev–Trinajstić information content (AvgIpc) is 3.02. The summed E-state index contributed by atoms with van der Waals surface area (Å²) in [5, 5.41) is 6.10. The van der Waals surface area contributed by atoms with Crippen LogP contribution in [0.5, 0.6) is 0 Å². The van der Waals surface area contributed by atoms with Gasteiger partial charge in [-0.05, 0) is 12.1 Å². The molecule has 2 aromatic heterocycles. The zero-order valence-corrected chi connectivity index (χ0v) is 13.0. The van der Waals surface area contributed by atoms with Gasteiger partial charge in [0.05, 0.1) is 15.4 Å². The van der Waals surface area contributed by atoms with E-state index in [1.807, 2.05) is 6.07 Å². The fourth-order valence-electron chi connectivity index (χ4n) is 1.42. The van der Waals surface area contributed by atoms with E-state index in [0.29, 0.717) is 22.3 Å². The number of thiazole rings is 1. The van der Waals surface area contributed by atoms with Crippen LogP contribution in [-0.2, 0) is 4.79 Å². The lowest BCUT2D eigenvalue weighted by molar-refractivity contribution is -0.118. The predicted octanol–water partition coefficient (Wildman–Crippen LogP) is 2.39. The third kappa shape index (κ3) is 4.03. The monoisotopic (exact) mass is 329 g/mol. The Morgan fingerprint density at radius 1 is 1.25 bits per heavy atom. The zero-order valence-electron chi connectivity index (χ0n) is 10.6. The molecule has 0 unspecified atom stereocenters. The van der Waals surface area contributed by atoms with E-state index in [1.165, 1.54) is 29.6 Å². The molecule has 106 valence electrons. The lowest BCUT2D eigenvalue weighted by atomic mass is 10.4. The van der Waals surface area contributed by atoms with Gasteiger partial charge in [-0.25, -0.2) is 4.98 Å². The lowest BCUT2D eigenvalue weighted by Gasteiger charge is -2.03. The Balaban J connectivity index is 1.91. The van der Waals surface area contributed by atoms with E-state index in [0.717, 1.165) is 9.88 Å². The van der Waals surface area contributed by atoms with E-state index in [4.69, 9.17) is 11.6 Å². The number of hydrogen-bond acceptors (Lipinski definition) is 5. The quantitative estimate of drug-likeness (QED) is 0.827. The molecular weight excluding hydrogens is 318 g/mol. The Labute approximate surface area is 129 Å². The molecule has 2 aromatic rings. The molecule has 0 saturated carbocycles. The first-order valence-electron chi connectivity index (χ1n) is 5.80. The van der Waals surface area contributed by atoms with E-state index in [2.05, 4.69) is 15.6 Å². The number of carbonyl (C=O) groups excluding carboxylic acids is 2. The van der Waals surface area contributed by atoms with Gasteiger partial charge in [-0.15, -0.1) is 22.7 Å². The fraction of sp³-hybridized carbons (Fsp3) is 0.250. The highest BCUT2D eigenvalue weighted by atomic mass is 35.5. The molecule has 0 fully saturated rings. The summed E-state index contributed by atoms with van der Waals surface area (Å²) in [6, 6.07) is 3.68. The molecule has 0 radical (unpaired) electrons. The minimum atomic E-state index is -0.193. The van der Waals surface area contributed by atoms with Crippen LogP contribution < -0.4 is 10.6 Å². The number of amides is 2. The number of aromatic nitrogens is 1. The summed E-state index contributed by atoms with van der Waals surface area (Å²) in [6.45, 7) is 2.23. The minimum Gasteiger partial charge on any atom is -0.355 e. The third-order valence-electron chi connectivity index (χ3n) is 2.30. The SMILES string of the molecule is CC(=O)NCCNC(=O)c1cnc(-c2ccc(Cl)s2)s1. The molecule has 0 aliphatic carbocycles. The fourth-order valence-corrected chi connectivity index (χ4v) is 3.36. The maximum absolute atomic E-state index is 11.9. The van der Waals surface area contributed by atoms with Crippen molar-refractivity contribution in [2.75, 3.05) is 13.1 Å². The van der Waals surface area contributed by atoms with Crippen LogP contribution in [0.3, 0.4) is 0 Å². The Hall–Kier alpha value is -1.44. The Kier molecular flexibility index (Phi) is 5.11. The van der Waals surface area contributed by atoms with Gasteiger partial charge in [0.1, 0.15) is 9.88 Å². The molecular formula is C12H12ClN3O2S2. The van der Waals surface area contributed by atoms with Gasteiger partial charge in [0.15, 0.2) is 0 Å². The number of nitrogens with one attached hydrogen (secondary N) is 2. The molecule has 0 bridgehead atoms. The van der Waals surface area contributed by atoms with Crippen molar-refractivity contribution in [1.29, 1.82) is 0 Å². The van der Waals surface area contributed by atoms with Crippen molar-refractivity contribution in [3.8, 4) is 9.88 Å². The summed E-state index contributed by atoms with van der Waals surface area (Å²) in [4.78, 5) is 28.2. The highest BCUT2D eigenvalue weighted by Gasteiger charge is 2.12. The summed E-state index contributed by atoms with van der Waals surface area (Å²) in [5.41, 5.74) is 0. The van der Waals surface area contributed by atoms with Gasteiger partial charge in [-0.2, -0.15) is 0 Å². The minimum absolute atomic E-state index is 0.117. The second-order valence-corrected chi connectivity index (χ2v) is 6.62. The topological polar surface area (TPSA) is 71.1 Å². The summed E-state index contributed by atoms with van der Waals surface area (Å²) in [5.74, 6) is -0.310. The number of halogens is 1. The van der Waals surface area contributed by atoms with Crippen molar-refractivity contribution >= 4 is 46.1 Å². The van der Waals surface area contributed by atoms with Gasteiger partial charge in [-0.1, -0.05) is 11.6 Å². The highest BCUT2D eigenvalue weighted by Crippen LogP contribution is 2.33. The molecule has 2 N–H and O–H groups in total. The van der Waals surface area contributed by atoms with Gasteiger partial charge >= 0.3 is 0 Å². The summed E-state index contributed by atoms with van der Waals surface area (Å²) in [7, 11) is 0. The van der Waals surface area contributed by atoms with Crippen LogP contribution >= 0.6 is 34.3 Å². The number of nitrogens with zero attached hydrogens (tertiary/aromatic N) is 1. The summed E-state index contributed by atoms with van der Waals surface area (Å²) < 4.78 is 0.691. The Bertz CT molecular complexity index is 624. The molecule has 20 heavy (non-hydrogen) atoms. The van der Waals surface area contributed by atoms with Crippen LogP contribution in [0.25, 0.3) is 9.88 Å². The Morgan fingerprint density at radius 3 is 2.65 bits per heavy atom. The van der Waals surface area contributed by atoms with Crippen molar-refractivity contribution in [1.82, 2.24) is 15.6 Å². The van der Waals surface area contributed by atoms with Gasteiger partial charge in [-0.3, -0.25) is 9.59 Å². The third-order valence-corrected chi connectivity index (χ3v) is 4.69. The summed E-state index contributed by atoms with van der Waals surface area (Å²) >= 11 is 8.61. The largest absolute Gasteiger partial charge is 0.355 e. The standard InChI is InChI=1S/C12H12ClN3O2S2/c1-7(17)14-4-5-15-11(18)9-6-16-12(20-9)8-2-3-10(13)19-8/h2-3,6H,4-5H2,1H3,(H,14,17)(H,15,18). The average molecular weight is 330 g/mol. The maximum Gasteiger partial charge on any atom is 0.263 e. The predicted molar refractivity (Wildman–Crippen MR) is 81.5 cm³/mol. The van der Waals surface area contributed by atoms with Crippen LogP contribution in [0.15, 0.2) is 18.3 Å². The van der Waals surface area contributed by atoms with Crippen LogP contribution in [0, 0.1) is 0 Å². The molecule has 0 atom stereocenters. The first kappa shape index (κ1) is 15.0. The number of thiophene rings is 1. The normalized spacial score (nSPS) is 10.3. The summed E-state index contributed by atoms with van der Waals surface area (Å²) in [6.07, 6.45) is 1.54. The maximum atomic E-state index is 11.9. The van der Waals surface area contributed by atoms with E-state index in [1.54, 1.807) is 12.3 Å². The Morgan fingerprint density at radius 2 is 2.00 bits per heavy atom. The molecule has 0 aliphatic rings. The molecule has 2 heterocycles. The highest BCUT2D eigenvalue weighted by molar-refractivity contribution is 7.24. The molecule has 2 rings (SSSR count). The van der Waals surface area contributed by atoms with Crippen molar-refractivity contribution in [3.63, 3.8) is 0 Å². The second-order valence-electron chi connectivity index (χ2n) is 3.87. The molecule has 0 aliphatic heterocycles. The molecule has 0 spiro atoms. The van der Waals surface area contributed by atoms with E-state index in [9.17, 15) is 9.59 Å². The van der Waals surface area contributed by atoms with Crippen LogP contribution in [0.2, 0.25) is 4.34 Å². The van der Waals surface area contributed by atoms with Crippen molar-refractivity contribution in [3.05, 3.63) is 27.5 Å². The molecule has 5 nitrogen and oxygen atoms in total. The van der Waals surface area contributed by atoms with Gasteiger partial charge in [0, 0.05) is 20.0 Å².